The summed E-state index contributed by atoms with van der Waals surface area (Å²) < 4.78 is 11.0. The predicted octanol–water partition coefficient (Wildman–Crippen LogP) is 2.97. The first-order valence-electron chi connectivity index (χ1n) is 9.96. The van der Waals surface area contributed by atoms with Crippen molar-refractivity contribution in [3.8, 4) is 11.5 Å². The monoisotopic (exact) mass is 404 g/mol. The van der Waals surface area contributed by atoms with Gasteiger partial charge in [0.15, 0.2) is 23.0 Å². The van der Waals surface area contributed by atoms with E-state index in [1.54, 1.807) is 38.0 Å². The van der Waals surface area contributed by atoms with Crippen molar-refractivity contribution in [3.63, 3.8) is 0 Å². The van der Waals surface area contributed by atoms with E-state index in [2.05, 4.69) is 0 Å². The zero-order valence-corrected chi connectivity index (χ0v) is 18.2. The van der Waals surface area contributed by atoms with Crippen LogP contribution in [0.1, 0.15) is 38.8 Å². The Balaban J connectivity index is 2.49. The van der Waals surface area contributed by atoms with E-state index in [1.165, 1.54) is 0 Å². The fourth-order valence-corrected chi connectivity index (χ4v) is 3.48. The maximum Gasteiger partial charge on any atom is 0.290 e. The van der Waals surface area contributed by atoms with Crippen LogP contribution in [0.3, 0.4) is 0 Å². The van der Waals surface area contributed by atoms with Crippen LogP contribution in [-0.2, 0) is 9.59 Å². The van der Waals surface area contributed by atoms with Crippen LogP contribution in [-0.4, -0.2) is 67.5 Å². The van der Waals surface area contributed by atoms with Crippen LogP contribution in [0.2, 0.25) is 0 Å². The predicted molar refractivity (Wildman–Crippen MR) is 111 cm³/mol. The first-order chi connectivity index (χ1) is 13.7. The Bertz CT molecular complexity index is 785. The Hall–Kier alpha value is -2.54. The first kappa shape index (κ1) is 22.7. The Morgan fingerprint density at radius 1 is 1.28 bits per heavy atom. The van der Waals surface area contributed by atoms with Gasteiger partial charge in [-0.15, -0.1) is 0 Å². The molecule has 0 aromatic heterocycles. The van der Waals surface area contributed by atoms with Gasteiger partial charge >= 0.3 is 0 Å². The molecule has 1 aliphatic rings. The zero-order valence-electron chi connectivity index (χ0n) is 18.2. The summed E-state index contributed by atoms with van der Waals surface area (Å²) in [6, 6.07) is 4.71. The molecule has 0 spiro atoms. The number of aliphatic hydroxyl groups is 1. The normalized spacial score (nSPS) is 16.9. The van der Waals surface area contributed by atoms with Crippen LogP contribution in [0, 0.1) is 5.92 Å². The Kier molecular flexibility index (Phi) is 7.67. The second-order valence-electron chi connectivity index (χ2n) is 7.68. The molecule has 1 amide bonds. The van der Waals surface area contributed by atoms with Gasteiger partial charge in [-0.3, -0.25) is 9.59 Å². The number of hydrogen-bond acceptors (Lipinski definition) is 6. The van der Waals surface area contributed by atoms with Gasteiger partial charge in [-0.25, -0.2) is 0 Å². The van der Waals surface area contributed by atoms with E-state index >= 15 is 0 Å². The number of rotatable bonds is 10. The number of methoxy groups -OCH3 is 1. The molecule has 1 aromatic rings. The van der Waals surface area contributed by atoms with E-state index in [9.17, 15) is 14.7 Å². The van der Waals surface area contributed by atoms with Crippen LogP contribution < -0.4 is 9.47 Å². The van der Waals surface area contributed by atoms with Gasteiger partial charge in [0.1, 0.15) is 0 Å². The van der Waals surface area contributed by atoms with Gasteiger partial charge in [0, 0.05) is 12.5 Å². The molecule has 2 rings (SSSR count). The van der Waals surface area contributed by atoms with Crippen molar-refractivity contribution in [2.45, 2.75) is 33.2 Å². The number of carbonyl (C=O) groups excluding carboxylic acids is 2. The molecule has 0 saturated heterocycles. The summed E-state index contributed by atoms with van der Waals surface area (Å²) in [6.07, 6.45) is 0.722. The third kappa shape index (κ3) is 4.90. The average Bonchev–Trinajstić information content (AvgIpc) is 2.92. The molecular formula is C22H32N2O5. The summed E-state index contributed by atoms with van der Waals surface area (Å²) in [5.41, 5.74) is 0.859. The number of ether oxygens (including phenoxy) is 2. The minimum absolute atomic E-state index is 0.154. The maximum absolute atomic E-state index is 12.9. The van der Waals surface area contributed by atoms with E-state index in [1.807, 2.05) is 32.0 Å². The zero-order chi connectivity index (χ0) is 21.7. The SMILES string of the molecule is CCOc1ccc(C2C(C(=O)C(C)C)=C(O)C(=O)N2CCCN(C)C)cc1OC. The van der Waals surface area contributed by atoms with E-state index in [4.69, 9.17) is 9.47 Å². The van der Waals surface area contributed by atoms with Crippen molar-refractivity contribution in [2.24, 2.45) is 5.92 Å². The third-order valence-electron chi connectivity index (χ3n) is 4.90. The lowest BCUT2D eigenvalue weighted by Crippen LogP contribution is -2.33. The summed E-state index contributed by atoms with van der Waals surface area (Å²) in [5.74, 6) is -0.422. The van der Waals surface area contributed by atoms with Gasteiger partial charge in [-0.2, -0.15) is 0 Å². The highest BCUT2D eigenvalue weighted by atomic mass is 16.5. The fourth-order valence-electron chi connectivity index (χ4n) is 3.48. The van der Waals surface area contributed by atoms with Crippen LogP contribution >= 0.6 is 0 Å². The maximum atomic E-state index is 12.9. The molecule has 1 aromatic carbocycles. The molecular weight excluding hydrogens is 372 g/mol. The molecule has 7 nitrogen and oxygen atoms in total. The number of Topliss-reactive ketones (excluding diaryl/α,β-unsaturated/α-hetero) is 1. The lowest BCUT2D eigenvalue weighted by molar-refractivity contribution is -0.129. The highest BCUT2D eigenvalue weighted by molar-refractivity contribution is 6.09. The van der Waals surface area contributed by atoms with Gasteiger partial charge in [0.2, 0.25) is 0 Å². The standard InChI is InChI=1S/C22H32N2O5/c1-7-29-16-10-9-15(13-17(16)28-6)19-18(20(25)14(2)3)21(26)22(27)24(19)12-8-11-23(4)5/h9-10,13-14,19,26H,7-8,11-12H2,1-6H3. The molecule has 1 aliphatic heterocycles. The summed E-state index contributed by atoms with van der Waals surface area (Å²) in [6.45, 7) is 7.12. The number of nitrogens with zero attached hydrogens (tertiary/aromatic N) is 2. The molecule has 29 heavy (non-hydrogen) atoms. The van der Waals surface area contributed by atoms with Gasteiger partial charge in [0.25, 0.3) is 5.91 Å². The quantitative estimate of drug-likeness (QED) is 0.646. The van der Waals surface area contributed by atoms with E-state index in [0.717, 1.165) is 13.0 Å². The molecule has 1 N–H and O–H groups in total. The first-order valence-corrected chi connectivity index (χ1v) is 9.96. The van der Waals surface area contributed by atoms with Crippen LogP contribution in [0.15, 0.2) is 29.5 Å². The molecule has 1 unspecified atom stereocenters. The smallest absolute Gasteiger partial charge is 0.290 e. The average molecular weight is 405 g/mol. The highest BCUT2D eigenvalue weighted by Gasteiger charge is 2.43. The van der Waals surface area contributed by atoms with Gasteiger partial charge in [-0.05, 0) is 51.7 Å². The fraction of sp³-hybridized carbons (Fsp3) is 0.545. The van der Waals surface area contributed by atoms with Crippen molar-refractivity contribution in [1.29, 1.82) is 0 Å². The molecule has 0 saturated carbocycles. The number of ketones is 1. The Morgan fingerprint density at radius 2 is 1.97 bits per heavy atom. The molecule has 7 heteroatoms. The molecule has 0 radical (unpaired) electrons. The summed E-state index contributed by atoms with van der Waals surface area (Å²) in [5, 5.41) is 10.6. The minimum atomic E-state index is -0.649. The van der Waals surface area contributed by atoms with Crippen LogP contribution in [0.4, 0.5) is 0 Å². The van der Waals surface area contributed by atoms with Crippen molar-refractivity contribution >= 4 is 11.7 Å². The summed E-state index contributed by atoms with van der Waals surface area (Å²) in [7, 11) is 5.47. The van der Waals surface area contributed by atoms with Crippen molar-refractivity contribution in [2.75, 3.05) is 40.9 Å². The van der Waals surface area contributed by atoms with Crippen molar-refractivity contribution in [3.05, 3.63) is 35.1 Å². The van der Waals surface area contributed by atoms with Crippen LogP contribution in [0.5, 0.6) is 11.5 Å². The second kappa shape index (κ2) is 9.78. The van der Waals surface area contributed by atoms with Crippen molar-refractivity contribution < 1.29 is 24.2 Å². The summed E-state index contributed by atoms with van der Waals surface area (Å²) in [4.78, 5) is 29.3. The number of amides is 1. The molecule has 160 valence electrons. The third-order valence-corrected chi connectivity index (χ3v) is 4.90. The highest BCUT2D eigenvalue weighted by Crippen LogP contribution is 2.41. The lowest BCUT2D eigenvalue weighted by atomic mass is 9.91. The number of aliphatic hydroxyl groups excluding tert-OH is 1. The van der Waals surface area contributed by atoms with Crippen molar-refractivity contribution in [1.82, 2.24) is 9.80 Å². The van der Waals surface area contributed by atoms with Crippen LogP contribution in [0.25, 0.3) is 0 Å². The number of hydrogen-bond donors (Lipinski definition) is 1. The molecule has 0 fully saturated rings. The van der Waals surface area contributed by atoms with Gasteiger partial charge in [0.05, 0.1) is 25.3 Å². The van der Waals surface area contributed by atoms with E-state index < -0.39 is 17.7 Å². The van der Waals surface area contributed by atoms with Gasteiger partial charge in [-0.1, -0.05) is 19.9 Å². The largest absolute Gasteiger partial charge is 0.503 e. The van der Waals surface area contributed by atoms with E-state index in [0.29, 0.717) is 30.2 Å². The molecule has 1 heterocycles. The Labute approximate surface area is 172 Å². The molecule has 0 aliphatic carbocycles. The second-order valence-corrected chi connectivity index (χ2v) is 7.68. The topological polar surface area (TPSA) is 79.3 Å². The van der Waals surface area contributed by atoms with Gasteiger partial charge < -0.3 is 24.4 Å². The number of carbonyl (C=O) groups is 2. The number of benzene rings is 1. The summed E-state index contributed by atoms with van der Waals surface area (Å²) >= 11 is 0. The minimum Gasteiger partial charge on any atom is -0.503 e. The molecule has 1 atom stereocenters. The molecule has 0 bridgehead atoms. The van der Waals surface area contributed by atoms with E-state index in [-0.39, 0.29) is 17.3 Å². The Morgan fingerprint density at radius 3 is 2.52 bits per heavy atom. The lowest BCUT2D eigenvalue weighted by Gasteiger charge is -2.28.